The van der Waals surface area contributed by atoms with Crippen molar-refractivity contribution >= 4 is 29.4 Å². The molecule has 1 aliphatic heterocycles. The van der Waals surface area contributed by atoms with Crippen LogP contribution in [-0.2, 0) is 4.79 Å². The molecule has 7 heteroatoms. The highest BCUT2D eigenvalue weighted by Gasteiger charge is 2.25. The van der Waals surface area contributed by atoms with Crippen LogP contribution >= 0.6 is 11.6 Å². The smallest absolute Gasteiger partial charge is 0.257 e. The van der Waals surface area contributed by atoms with Gasteiger partial charge in [0, 0.05) is 10.6 Å². The summed E-state index contributed by atoms with van der Waals surface area (Å²) in [7, 11) is 0. The molecule has 0 saturated heterocycles. The van der Waals surface area contributed by atoms with Crippen LogP contribution in [0, 0.1) is 0 Å². The second-order valence-corrected chi connectivity index (χ2v) is 7.07. The van der Waals surface area contributed by atoms with E-state index >= 15 is 0 Å². The summed E-state index contributed by atoms with van der Waals surface area (Å²) in [5, 5.41) is 5.77. The number of benzene rings is 3. The largest absolute Gasteiger partial charge is 0.457 e. The number of hydrogen-bond acceptors (Lipinski definition) is 4. The Labute approximate surface area is 178 Å². The molecule has 0 unspecified atom stereocenters. The van der Waals surface area contributed by atoms with Crippen LogP contribution in [0.1, 0.15) is 28.4 Å². The Kier molecular flexibility index (Phi) is 5.77. The number of hydrogen-bond donors (Lipinski definition) is 2. The van der Waals surface area contributed by atoms with E-state index in [9.17, 15) is 9.59 Å². The van der Waals surface area contributed by atoms with E-state index in [4.69, 9.17) is 16.3 Å². The lowest BCUT2D eigenvalue weighted by molar-refractivity contribution is -0.120. The van der Waals surface area contributed by atoms with Gasteiger partial charge in [0.25, 0.3) is 5.91 Å². The number of amides is 2. The number of ether oxygens (including phenoxy) is 1. The van der Waals surface area contributed by atoms with E-state index in [1.807, 2.05) is 48.5 Å². The first-order valence-corrected chi connectivity index (χ1v) is 9.73. The molecule has 0 bridgehead atoms. The highest BCUT2D eigenvalue weighted by molar-refractivity contribution is 6.31. The van der Waals surface area contributed by atoms with Gasteiger partial charge in [0.1, 0.15) is 11.5 Å². The SMILES string of the molecule is O=C1C[C@@H](c2ccccc2Cl)N=C(NC(=O)c2ccc(Oc3ccccc3)cc2)N1. The fraction of sp³-hybridized carbons (Fsp3) is 0.0870. The van der Waals surface area contributed by atoms with Crippen molar-refractivity contribution in [3.63, 3.8) is 0 Å². The molecule has 6 nitrogen and oxygen atoms in total. The number of para-hydroxylation sites is 1. The lowest BCUT2D eigenvalue weighted by Crippen LogP contribution is -2.47. The van der Waals surface area contributed by atoms with Gasteiger partial charge in [0.15, 0.2) is 0 Å². The Morgan fingerprint density at radius 3 is 2.37 bits per heavy atom. The Hall–Kier alpha value is -3.64. The average Bonchev–Trinajstić information content (AvgIpc) is 2.75. The second kappa shape index (κ2) is 8.80. The van der Waals surface area contributed by atoms with Crippen LogP contribution in [0.3, 0.4) is 0 Å². The number of aliphatic imine (C=N–C) groups is 1. The molecule has 3 aromatic carbocycles. The first kappa shape index (κ1) is 19.7. The molecule has 0 aliphatic carbocycles. The van der Waals surface area contributed by atoms with Gasteiger partial charge in [-0.2, -0.15) is 0 Å². The molecule has 2 amide bonds. The monoisotopic (exact) mass is 419 g/mol. The second-order valence-electron chi connectivity index (χ2n) is 6.66. The van der Waals surface area contributed by atoms with Crippen molar-refractivity contribution in [3.8, 4) is 11.5 Å². The van der Waals surface area contributed by atoms with Gasteiger partial charge in [0.05, 0.1) is 12.5 Å². The maximum absolute atomic E-state index is 12.6. The standard InChI is InChI=1S/C23H18ClN3O3/c24-19-9-5-4-8-18(19)20-14-21(28)26-23(25-20)27-22(29)15-10-12-17(13-11-15)30-16-6-2-1-3-7-16/h1-13,20H,14H2,(H2,25,26,27,28,29)/t20-/m0/s1. The van der Waals surface area contributed by atoms with E-state index in [0.717, 1.165) is 5.56 Å². The van der Waals surface area contributed by atoms with Crippen molar-refractivity contribution in [2.24, 2.45) is 4.99 Å². The summed E-state index contributed by atoms with van der Waals surface area (Å²) in [4.78, 5) is 29.1. The molecular formula is C23H18ClN3O3. The van der Waals surface area contributed by atoms with E-state index in [1.54, 1.807) is 30.3 Å². The van der Waals surface area contributed by atoms with Crippen molar-refractivity contribution < 1.29 is 14.3 Å². The van der Waals surface area contributed by atoms with Crippen LogP contribution in [-0.4, -0.2) is 17.8 Å². The molecule has 4 rings (SSSR count). The quantitative estimate of drug-likeness (QED) is 0.654. The molecule has 1 atom stereocenters. The predicted molar refractivity (Wildman–Crippen MR) is 115 cm³/mol. The Bertz CT molecular complexity index is 1100. The van der Waals surface area contributed by atoms with Gasteiger partial charge in [-0.3, -0.25) is 20.2 Å². The van der Waals surface area contributed by atoms with Crippen molar-refractivity contribution in [3.05, 3.63) is 95.0 Å². The topological polar surface area (TPSA) is 79.8 Å². The van der Waals surface area contributed by atoms with Gasteiger partial charge in [-0.15, -0.1) is 0 Å². The third-order valence-corrected chi connectivity index (χ3v) is 4.86. The molecule has 0 aromatic heterocycles. The normalized spacial score (nSPS) is 15.7. The van der Waals surface area contributed by atoms with Crippen LogP contribution in [0.4, 0.5) is 0 Å². The van der Waals surface area contributed by atoms with Gasteiger partial charge < -0.3 is 4.74 Å². The Morgan fingerprint density at radius 2 is 1.63 bits per heavy atom. The molecule has 0 radical (unpaired) electrons. The molecule has 30 heavy (non-hydrogen) atoms. The summed E-state index contributed by atoms with van der Waals surface area (Å²) >= 11 is 6.23. The lowest BCUT2D eigenvalue weighted by Gasteiger charge is -2.22. The van der Waals surface area contributed by atoms with Crippen molar-refractivity contribution in [2.75, 3.05) is 0 Å². The van der Waals surface area contributed by atoms with Gasteiger partial charge >= 0.3 is 0 Å². The summed E-state index contributed by atoms with van der Waals surface area (Å²) in [6.07, 6.45) is 0.161. The fourth-order valence-corrected chi connectivity index (χ4v) is 3.32. The van der Waals surface area contributed by atoms with Crippen LogP contribution in [0.2, 0.25) is 5.02 Å². The minimum absolute atomic E-state index is 0.103. The molecule has 3 aromatic rings. The van der Waals surface area contributed by atoms with Crippen LogP contribution < -0.4 is 15.4 Å². The van der Waals surface area contributed by atoms with Crippen molar-refractivity contribution in [1.29, 1.82) is 0 Å². The van der Waals surface area contributed by atoms with E-state index in [1.165, 1.54) is 0 Å². The lowest BCUT2D eigenvalue weighted by atomic mass is 10.0. The minimum Gasteiger partial charge on any atom is -0.457 e. The van der Waals surface area contributed by atoms with Crippen LogP contribution in [0.15, 0.2) is 83.9 Å². The maximum Gasteiger partial charge on any atom is 0.257 e. The zero-order chi connectivity index (χ0) is 20.9. The predicted octanol–water partition coefficient (Wildman–Crippen LogP) is 4.48. The van der Waals surface area contributed by atoms with Gasteiger partial charge in [-0.1, -0.05) is 48.0 Å². The number of carbonyl (C=O) groups excluding carboxylic acids is 2. The Morgan fingerprint density at radius 1 is 0.967 bits per heavy atom. The number of guanidine groups is 1. The first-order chi connectivity index (χ1) is 14.6. The average molecular weight is 420 g/mol. The third kappa shape index (κ3) is 4.67. The summed E-state index contributed by atoms with van der Waals surface area (Å²) in [6.45, 7) is 0. The number of nitrogens with zero attached hydrogens (tertiary/aromatic N) is 1. The molecule has 0 saturated carbocycles. The molecule has 150 valence electrons. The van der Waals surface area contributed by atoms with Crippen molar-refractivity contribution in [1.82, 2.24) is 10.6 Å². The zero-order valence-corrected chi connectivity index (χ0v) is 16.6. The van der Waals surface area contributed by atoms with E-state index in [0.29, 0.717) is 22.1 Å². The highest BCUT2D eigenvalue weighted by atomic mass is 35.5. The molecule has 0 spiro atoms. The molecule has 1 aliphatic rings. The van der Waals surface area contributed by atoms with E-state index in [-0.39, 0.29) is 24.2 Å². The van der Waals surface area contributed by atoms with E-state index in [2.05, 4.69) is 15.6 Å². The number of halogens is 1. The number of carbonyl (C=O) groups is 2. The van der Waals surface area contributed by atoms with E-state index < -0.39 is 6.04 Å². The van der Waals surface area contributed by atoms with Crippen molar-refractivity contribution in [2.45, 2.75) is 12.5 Å². The summed E-state index contributed by atoms with van der Waals surface area (Å²) < 4.78 is 5.73. The van der Waals surface area contributed by atoms with Gasteiger partial charge in [-0.05, 0) is 48.0 Å². The first-order valence-electron chi connectivity index (χ1n) is 9.35. The number of nitrogens with one attached hydrogen (secondary N) is 2. The minimum atomic E-state index is -0.454. The molecular weight excluding hydrogens is 402 g/mol. The third-order valence-electron chi connectivity index (χ3n) is 4.51. The fourth-order valence-electron chi connectivity index (χ4n) is 3.06. The molecule has 2 N–H and O–H groups in total. The maximum atomic E-state index is 12.6. The summed E-state index contributed by atoms with van der Waals surface area (Å²) in [5.41, 5.74) is 1.15. The zero-order valence-electron chi connectivity index (χ0n) is 15.8. The van der Waals surface area contributed by atoms with Gasteiger partial charge in [-0.25, -0.2) is 4.99 Å². The summed E-state index contributed by atoms with van der Waals surface area (Å²) in [5.74, 6) is 0.794. The van der Waals surface area contributed by atoms with Gasteiger partial charge in [0.2, 0.25) is 11.9 Å². The molecule has 0 fully saturated rings. The molecule has 1 heterocycles. The number of rotatable bonds is 4. The Balaban J connectivity index is 1.46. The highest BCUT2D eigenvalue weighted by Crippen LogP contribution is 2.29. The summed E-state index contributed by atoms with van der Waals surface area (Å²) in [6, 6.07) is 22.8. The van der Waals surface area contributed by atoms with Crippen LogP contribution in [0.5, 0.6) is 11.5 Å². The van der Waals surface area contributed by atoms with Crippen LogP contribution in [0.25, 0.3) is 0 Å².